The molecule has 0 fully saturated rings. The molecule has 1 aromatic carbocycles. The standard InChI is InChI=1S/C14H22N2S/c1-4-11-5-6-12-14(9-11)17-13(7-8-15-3)10(2)16-12/h5-6,9-10,13,15-16H,4,7-8H2,1-3H3. The Morgan fingerprint density at radius 2 is 2.24 bits per heavy atom. The van der Waals surface area contributed by atoms with Crippen molar-refractivity contribution >= 4 is 17.4 Å². The van der Waals surface area contributed by atoms with Crippen molar-refractivity contribution in [2.45, 2.75) is 42.9 Å². The third kappa shape index (κ3) is 2.96. The van der Waals surface area contributed by atoms with Crippen LogP contribution < -0.4 is 10.6 Å². The van der Waals surface area contributed by atoms with Gasteiger partial charge in [-0.15, -0.1) is 11.8 Å². The van der Waals surface area contributed by atoms with Gasteiger partial charge < -0.3 is 10.6 Å². The van der Waals surface area contributed by atoms with Crippen LogP contribution in [-0.2, 0) is 6.42 Å². The summed E-state index contributed by atoms with van der Waals surface area (Å²) in [7, 11) is 2.02. The molecule has 0 aliphatic carbocycles. The molecule has 0 spiro atoms. The first-order valence-corrected chi connectivity index (χ1v) is 7.33. The molecule has 0 aromatic heterocycles. The molecule has 2 N–H and O–H groups in total. The average Bonchev–Trinajstić information content (AvgIpc) is 2.35. The van der Waals surface area contributed by atoms with E-state index in [9.17, 15) is 0 Å². The van der Waals surface area contributed by atoms with Crippen molar-refractivity contribution in [3.05, 3.63) is 23.8 Å². The van der Waals surface area contributed by atoms with E-state index in [1.54, 1.807) is 0 Å². The lowest BCUT2D eigenvalue weighted by Crippen LogP contribution is -2.33. The smallest absolute Gasteiger partial charge is 0.0481 e. The van der Waals surface area contributed by atoms with Gasteiger partial charge in [0.25, 0.3) is 0 Å². The maximum atomic E-state index is 3.62. The minimum Gasteiger partial charge on any atom is -0.381 e. The molecule has 0 radical (unpaired) electrons. The Bertz CT molecular complexity index is 378. The molecular formula is C14H22N2S. The monoisotopic (exact) mass is 250 g/mol. The Morgan fingerprint density at radius 1 is 1.41 bits per heavy atom. The van der Waals surface area contributed by atoms with Gasteiger partial charge in [-0.3, -0.25) is 0 Å². The van der Waals surface area contributed by atoms with Crippen molar-refractivity contribution in [1.29, 1.82) is 0 Å². The van der Waals surface area contributed by atoms with Gasteiger partial charge in [0, 0.05) is 21.9 Å². The SMILES string of the molecule is CCc1ccc2c(c1)SC(CCNC)C(C)N2. The first-order chi connectivity index (χ1) is 8.24. The molecule has 1 aliphatic rings. The Balaban J connectivity index is 2.13. The minimum absolute atomic E-state index is 0.549. The average molecular weight is 250 g/mol. The van der Waals surface area contributed by atoms with Gasteiger partial charge in [0.1, 0.15) is 0 Å². The number of nitrogens with one attached hydrogen (secondary N) is 2. The maximum absolute atomic E-state index is 3.62. The summed E-state index contributed by atoms with van der Waals surface area (Å²) in [5.74, 6) is 0. The zero-order chi connectivity index (χ0) is 12.3. The normalized spacial score (nSPS) is 23.0. The maximum Gasteiger partial charge on any atom is 0.0481 e. The van der Waals surface area contributed by atoms with Crippen molar-refractivity contribution in [2.75, 3.05) is 18.9 Å². The molecule has 0 saturated heterocycles. The minimum atomic E-state index is 0.549. The Hall–Kier alpha value is -0.670. The summed E-state index contributed by atoms with van der Waals surface area (Å²) in [6.45, 7) is 5.58. The van der Waals surface area contributed by atoms with E-state index in [1.165, 1.54) is 22.6 Å². The zero-order valence-electron chi connectivity index (χ0n) is 10.9. The van der Waals surface area contributed by atoms with Crippen molar-refractivity contribution in [3.8, 4) is 0 Å². The molecule has 0 amide bonds. The summed E-state index contributed by atoms with van der Waals surface area (Å²) in [6, 6.07) is 7.35. The fraction of sp³-hybridized carbons (Fsp3) is 0.571. The summed E-state index contributed by atoms with van der Waals surface area (Å²) in [5.41, 5.74) is 2.74. The highest BCUT2D eigenvalue weighted by atomic mass is 32.2. The van der Waals surface area contributed by atoms with Crippen molar-refractivity contribution in [3.63, 3.8) is 0 Å². The second kappa shape index (κ2) is 5.78. The number of aryl methyl sites for hydroxylation is 1. The molecule has 1 aromatic rings. The molecule has 0 bridgehead atoms. The van der Waals surface area contributed by atoms with Gasteiger partial charge in [0.05, 0.1) is 0 Å². The van der Waals surface area contributed by atoms with Crippen LogP contribution in [0.1, 0.15) is 25.8 Å². The van der Waals surface area contributed by atoms with Crippen LogP contribution in [0, 0.1) is 0 Å². The van der Waals surface area contributed by atoms with Gasteiger partial charge in [-0.2, -0.15) is 0 Å². The quantitative estimate of drug-likeness (QED) is 0.858. The zero-order valence-corrected chi connectivity index (χ0v) is 11.7. The summed E-state index contributed by atoms with van der Waals surface area (Å²) in [4.78, 5) is 1.42. The van der Waals surface area contributed by atoms with E-state index < -0.39 is 0 Å². The molecule has 2 rings (SSSR count). The first kappa shape index (κ1) is 12.8. The predicted octanol–water partition coefficient (Wildman–Crippen LogP) is 3.13. The second-order valence-corrected chi connectivity index (χ2v) is 5.95. The van der Waals surface area contributed by atoms with Crippen molar-refractivity contribution in [2.24, 2.45) is 0 Å². The fourth-order valence-electron chi connectivity index (χ4n) is 2.20. The number of thioether (sulfide) groups is 1. The third-order valence-electron chi connectivity index (χ3n) is 3.35. The Morgan fingerprint density at radius 3 is 2.94 bits per heavy atom. The van der Waals surface area contributed by atoms with Gasteiger partial charge in [-0.05, 0) is 51.1 Å². The molecular weight excluding hydrogens is 228 g/mol. The molecule has 0 saturated carbocycles. The number of hydrogen-bond acceptors (Lipinski definition) is 3. The molecule has 3 heteroatoms. The van der Waals surface area contributed by atoms with E-state index in [0.717, 1.165) is 13.0 Å². The molecule has 2 atom stereocenters. The van der Waals surface area contributed by atoms with E-state index in [-0.39, 0.29) is 0 Å². The highest BCUT2D eigenvalue weighted by Crippen LogP contribution is 2.39. The molecule has 2 nitrogen and oxygen atoms in total. The van der Waals surface area contributed by atoms with E-state index >= 15 is 0 Å². The highest BCUT2D eigenvalue weighted by Gasteiger charge is 2.24. The molecule has 1 aliphatic heterocycles. The van der Waals surface area contributed by atoms with Crippen LogP contribution in [-0.4, -0.2) is 24.9 Å². The highest BCUT2D eigenvalue weighted by molar-refractivity contribution is 8.00. The predicted molar refractivity (Wildman–Crippen MR) is 77.1 cm³/mol. The Kier molecular flexibility index (Phi) is 4.35. The van der Waals surface area contributed by atoms with E-state index in [2.05, 4.69) is 42.7 Å². The van der Waals surface area contributed by atoms with Crippen LogP contribution in [0.25, 0.3) is 0 Å². The number of rotatable bonds is 4. The lowest BCUT2D eigenvalue weighted by molar-refractivity contribution is 0.634. The molecule has 94 valence electrons. The Labute approximate surface area is 109 Å². The van der Waals surface area contributed by atoms with Gasteiger partial charge >= 0.3 is 0 Å². The van der Waals surface area contributed by atoms with Crippen LogP contribution >= 0.6 is 11.8 Å². The number of anilines is 1. The first-order valence-electron chi connectivity index (χ1n) is 6.45. The van der Waals surface area contributed by atoms with E-state index in [1.807, 2.05) is 18.8 Å². The van der Waals surface area contributed by atoms with Crippen LogP contribution in [0.15, 0.2) is 23.1 Å². The lowest BCUT2D eigenvalue weighted by atomic mass is 10.1. The topological polar surface area (TPSA) is 24.1 Å². The third-order valence-corrected chi connectivity index (χ3v) is 4.89. The number of hydrogen-bond donors (Lipinski definition) is 2. The lowest BCUT2D eigenvalue weighted by Gasteiger charge is -2.32. The largest absolute Gasteiger partial charge is 0.381 e. The molecule has 17 heavy (non-hydrogen) atoms. The molecule has 1 heterocycles. The van der Waals surface area contributed by atoms with E-state index in [4.69, 9.17) is 0 Å². The van der Waals surface area contributed by atoms with Crippen molar-refractivity contribution in [1.82, 2.24) is 5.32 Å². The van der Waals surface area contributed by atoms with Gasteiger partial charge in [-0.1, -0.05) is 13.0 Å². The summed E-state index contributed by atoms with van der Waals surface area (Å²) in [5, 5.41) is 7.53. The summed E-state index contributed by atoms with van der Waals surface area (Å²) in [6.07, 6.45) is 2.33. The molecule has 2 unspecified atom stereocenters. The number of benzene rings is 1. The fourth-order valence-corrected chi connectivity index (χ4v) is 3.51. The van der Waals surface area contributed by atoms with E-state index in [0.29, 0.717) is 11.3 Å². The van der Waals surface area contributed by atoms with Gasteiger partial charge in [0.15, 0.2) is 0 Å². The van der Waals surface area contributed by atoms with Crippen LogP contribution in [0.5, 0.6) is 0 Å². The number of fused-ring (bicyclic) bond motifs is 1. The van der Waals surface area contributed by atoms with Crippen LogP contribution in [0.4, 0.5) is 5.69 Å². The van der Waals surface area contributed by atoms with Crippen LogP contribution in [0.2, 0.25) is 0 Å². The van der Waals surface area contributed by atoms with Gasteiger partial charge in [0.2, 0.25) is 0 Å². The van der Waals surface area contributed by atoms with Crippen molar-refractivity contribution < 1.29 is 0 Å². The van der Waals surface area contributed by atoms with Crippen LogP contribution in [0.3, 0.4) is 0 Å². The summed E-state index contributed by atoms with van der Waals surface area (Å²) < 4.78 is 0. The summed E-state index contributed by atoms with van der Waals surface area (Å²) >= 11 is 2.03. The second-order valence-electron chi connectivity index (χ2n) is 4.67. The van der Waals surface area contributed by atoms with Gasteiger partial charge in [-0.25, -0.2) is 0 Å².